The van der Waals surface area contributed by atoms with Crippen LogP contribution in [0.25, 0.3) is 11.4 Å². The summed E-state index contributed by atoms with van der Waals surface area (Å²) in [6, 6.07) is 10.8. The summed E-state index contributed by atoms with van der Waals surface area (Å²) in [5.74, 6) is 1.24. The number of carbonyl (C=O) groups excluding carboxylic acids is 1. The van der Waals surface area contributed by atoms with E-state index in [-0.39, 0.29) is 11.7 Å². The molecular formula is C19H18FN3O4S. The first-order valence-corrected chi connectivity index (χ1v) is 9.06. The van der Waals surface area contributed by atoms with Gasteiger partial charge in [-0.05, 0) is 49.4 Å². The van der Waals surface area contributed by atoms with Crippen LogP contribution in [-0.4, -0.2) is 35.6 Å². The van der Waals surface area contributed by atoms with Crippen LogP contribution >= 0.6 is 11.5 Å². The number of methoxy groups -OCH3 is 2. The Labute approximate surface area is 165 Å². The van der Waals surface area contributed by atoms with E-state index >= 15 is 0 Å². The molecule has 2 aromatic carbocycles. The summed E-state index contributed by atoms with van der Waals surface area (Å²) in [6.45, 7) is 1.59. The van der Waals surface area contributed by atoms with Crippen LogP contribution in [0, 0.1) is 5.82 Å². The molecule has 28 heavy (non-hydrogen) atoms. The molecule has 0 aliphatic carbocycles. The lowest BCUT2D eigenvalue weighted by molar-refractivity contribution is -0.122. The molecule has 1 heterocycles. The monoisotopic (exact) mass is 403 g/mol. The zero-order chi connectivity index (χ0) is 20.1. The van der Waals surface area contributed by atoms with Crippen molar-refractivity contribution in [3.63, 3.8) is 0 Å². The van der Waals surface area contributed by atoms with Crippen LogP contribution in [0.15, 0.2) is 42.5 Å². The average Bonchev–Trinajstić information content (AvgIpc) is 3.17. The normalized spacial score (nSPS) is 11.6. The first-order valence-electron chi connectivity index (χ1n) is 8.29. The number of benzene rings is 2. The van der Waals surface area contributed by atoms with E-state index < -0.39 is 6.10 Å². The lowest BCUT2D eigenvalue weighted by atomic mass is 10.2. The van der Waals surface area contributed by atoms with Crippen LogP contribution in [0.3, 0.4) is 0 Å². The van der Waals surface area contributed by atoms with Gasteiger partial charge in [-0.1, -0.05) is 0 Å². The van der Waals surface area contributed by atoms with Crippen LogP contribution in [0.5, 0.6) is 17.2 Å². The van der Waals surface area contributed by atoms with Gasteiger partial charge < -0.3 is 14.2 Å². The highest BCUT2D eigenvalue weighted by molar-refractivity contribution is 7.10. The molecule has 0 saturated carbocycles. The fraction of sp³-hybridized carbons (Fsp3) is 0.211. The van der Waals surface area contributed by atoms with E-state index in [2.05, 4.69) is 14.7 Å². The van der Waals surface area contributed by atoms with E-state index in [0.29, 0.717) is 28.2 Å². The molecule has 0 saturated heterocycles. The Hall–Kier alpha value is -3.20. The third-order valence-electron chi connectivity index (χ3n) is 3.79. The summed E-state index contributed by atoms with van der Waals surface area (Å²) in [5, 5.41) is 3.00. The molecule has 1 amide bonds. The number of hydrogen-bond donors (Lipinski definition) is 1. The third kappa shape index (κ3) is 4.55. The molecule has 1 aromatic heterocycles. The van der Waals surface area contributed by atoms with Crippen molar-refractivity contribution in [3.05, 3.63) is 48.3 Å². The Morgan fingerprint density at radius 3 is 2.50 bits per heavy atom. The largest absolute Gasteiger partial charge is 0.493 e. The molecule has 3 aromatic rings. The number of hydrogen-bond acceptors (Lipinski definition) is 7. The third-order valence-corrected chi connectivity index (χ3v) is 4.42. The fourth-order valence-electron chi connectivity index (χ4n) is 2.34. The molecule has 0 fully saturated rings. The van der Waals surface area contributed by atoms with Crippen LogP contribution in [0.1, 0.15) is 6.92 Å². The molecule has 0 unspecified atom stereocenters. The fourth-order valence-corrected chi connectivity index (χ4v) is 2.94. The predicted octanol–water partition coefficient (Wildman–Crippen LogP) is 3.77. The molecular weight excluding hydrogens is 385 g/mol. The Morgan fingerprint density at radius 2 is 1.82 bits per heavy atom. The number of nitrogens with one attached hydrogen (secondary N) is 1. The lowest BCUT2D eigenvalue weighted by Crippen LogP contribution is -2.30. The van der Waals surface area contributed by atoms with Gasteiger partial charge in [0.05, 0.1) is 14.2 Å². The quantitative estimate of drug-likeness (QED) is 0.647. The highest BCUT2D eigenvalue weighted by atomic mass is 32.1. The van der Waals surface area contributed by atoms with Gasteiger partial charge in [0, 0.05) is 17.1 Å². The smallest absolute Gasteiger partial charge is 0.266 e. The molecule has 0 spiro atoms. The van der Waals surface area contributed by atoms with E-state index in [4.69, 9.17) is 14.2 Å². The highest BCUT2D eigenvalue weighted by Gasteiger charge is 2.18. The Balaban J connectivity index is 1.66. The number of carbonyl (C=O) groups is 1. The van der Waals surface area contributed by atoms with Crippen molar-refractivity contribution in [3.8, 4) is 28.6 Å². The van der Waals surface area contributed by atoms with E-state index in [1.807, 2.05) is 0 Å². The molecule has 0 aliphatic rings. The zero-order valence-corrected chi connectivity index (χ0v) is 16.2. The van der Waals surface area contributed by atoms with Crippen molar-refractivity contribution in [2.75, 3.05) is 19.5 Å². The van der Waals surface area contributed by atoms with Crippen molar-refractivity contribution in [2.45, 2.75) is 13.0 Å². The van der Waals surface area contributed by atoms with Gasteiger partial charge in [0.15, 0.2) is 23.4 Å². The van der Waals surface area contributed by atoms with E-state index in [1.54, 1.807) is 39.3 Å². The number of amides is 1. The van der Waals surface area contributed by atoms with Gasteiger partial charge in [-0.3, -0.25) is 10.1 Å². The van der Waals surface area contributed by atoms with Crippen molar-refractivity contribution < 1.29 is 23.4 Å². The second kappa shape index (κ2) is 8.66. The van der Waals surface area contributed by atoms with E-state index in [0.717, 1.165) is 17.1 Å². The summed E-state index contributed by atoms with van der Waals surface area (Å²) in [7, 11) is 3.10. The maximum Gasteiger partial charge on any atom is 0.266 e. The summed E-state index contributed by atoms with van der Waals surface area (Å²) >= 11 is 1.05. The van der Waals surface area contributed by atoms with Crippen LogP contribution in [0.2, 0.25) is 0 Å². The maximum atomic E-state index is 12.9. The van der Waals surface area contributed by atoms with Gasteiger partial charge in [0.1, 0.15) is 11.6 Å². The van der Waals surface area contributed by atoms with Gasteiger partial charge in [-0.25, -0.2) is 4.39 Å². The number of halogens is 1. The average molecular weight is 403 g/mol. The van der Waals surface area contributed by atoms with Crippen LogP contribution < -0.4 is 19.5 Å². The first kappa shape index (κ1) is 19.6. The van der Waals surface area contributed by atoms with Gasteiger partial charge >= 0.3 is 0 Å². The topological polar surface area (TPSA) is 82.6 Å². The van der Waals surface area contributed by atoms with Gasteiger partial charge in [-0.15, -0.1) is 0 Å². The van der Waals surface area contributed by atoms with Crippen molar-refractivity contribution in [1.82, 2.24) is 9.36 Å². The summed E-state index contributed by atoms with van der Waals surface area (Å²) < 4.78 is 33.2. The summed E-state index contributed by atoms with van der Waals surface area (Å²) in [5.41, 5.74) is 0.727. The Kier molecular flexibility index (Phi) is 6.05. The van der Waals surface area contributed by atoms with E-state index in [9.17, 15) is 9.18 Å². The second-order valence-corrected chi connectivity index (χ2v) is 6.45. The standard InChI is InChI=1S/C19H18FN3O4S/c1-11(27-14-7-5-13(20)6-8-14)18(24)22-19-21-17(23-28-19)12-4-9-15(25-2)16(10-12)26-3/h4-11H,1-3H3,(H,21,22,23,24)/t11-/m1/s1. The minimum absolute atomic E-state index is 0.337. The minimum atomic E-state index is -0.793. The van der Waals surface area contributed by atoms with E-state index in [1.165, 1.54) is 24.3 Å². The van der Waals surface area contributed by atoms with Crippen molar-refractivity contribution in [1.29, 1.82) is 0 Å². The Bertz CT molecular complexity index is 962. The number of nitrogens with zero attached hydrogens (tertiary/aromatic N) is 2. The van der Waals surface area contributed by atoms with Crippen molar-refractivity contribution >= 4 is 22.6 Å². The number of rotatable bonds is 7. The zero-order valence-electron chi connectivity index (χ0n) is 15.4. The Morgan fingerprint density at radius 1 is 1.11 bits per heavy atom. The van der Waals surface area contributed by atoms with Crippen molar-refractivity contribution in [2.24, 2.45) is 0 Å². The molecule has 7 nitrogen and oxygen atoms in total. The molecule has 0 radical (unpaired) electrons. The minimum Gasteiger partial charge on any atom is -0.493 e. The maximum absolute atomic E-state index is 12.9. The summed E-state index contributed by atoms with van der Waals surface area (Å²) in [4.78, 5) is 16.6. The SMILES string of the molecule is COc1ccc(-c2nsc(NC(=O)[C@@H](C)Oc3ccc(F)cc3)n2)cc1OC. The molecule has 3 rings (SSSR count). The van der Waals surface area contributed by atoms with Crippen LogP contribution in [-0.2, 0) is 4.79 Å². The number of anilines is 1. The van der Waals surface area contributed by atoms with Gasteiger partial charge in [0.2, 0.25) is 5.13 Å². The van der Waals surface area contributed by atoms with Gasteiger partial charge in [-0.2, -0.15) is 9.36 Å². The van der Waals surface area contributed by atoms with Crippen LogP contribution in [0.4, 0.5) is 9.52 Å². The molecule has 1 atom stereocenters. The number of aromatic nitrogens is 2. The highest BCUT2D eigenvalue weighted by Crippen LogP contribution is 2.32. The first-order chi connectivity index (χ1) is 13.5. The molecule has 146 valence electrons. The molecule has 1 N–H and O–H groups in total. The number of ether oxygens (including phenoxy) is 3. The molecule has 0 bridgehead atoms. The summed E-state index contributed by atoms with van der Waals surface area (Å²) in [6.07, 6.45) is -0.793. The lowest BCUT2D eigenvalue weighted by Gasteiger charge is -2.13. The molecule has 0 aliphatic heterocycles. The second-order valence-electron chi connectivity index (χ2n) is 5.70. The predicted molar refractivity (Wildman–Crippen MR) is 104 cm³/mol. The van der Waals surface area contributed by atoms with Gasteiger partial charge in [0.25, 0.3) is 5.91 Å². The molecule has 9 heteroatoms.